The van der Waals surface area contributed by atoms with Gasteiger partial charge < -0.3 is 10.5 Å². The molecule has 1 unspecified atom stereocenters. The Morgan fingerprint density at radius 1 is 1.15 bits per heavy atom. The summed E-state index contributed by atoms with van der Waals surface area (Å²) in [7, 11) is 0. The predicted octanol–water partition coefficient (Wildman–Crippen LogP) is 3.97. The van der Waals surface area contributed by atoms with Gasteiger partial charge in [0.15, 0.2) is 0 Å². The highest BCUT2D eigenvalue weighted by Crippen LogP contribution is 2.40. The second-order valence-electron chi connectivity index (χ2n) is 5.50. The summed E-state index contributed by atoms with van der Waals surface area (Å²) in [6.45, 7) is 3.79. The molecule has 2 aromatic carbocycles. The van der Waals surface area contributed by atoms with Crippen LogP contribution in [-0.2, 0) is 0 Å². The molecule has 0 saturated heterocycles. The van der Waals surface area contributed by atoms with Crippen LogP contribution in [0, 0.1) is 19.7 Å². The number of nitrogens with two attached hydrogens (primary N) is 1. The van der Waals surface area contributed by atoms with Crippen molar-refractivity contribution < 1.29 is 9.13 Å². The van der Waals surface area contributed by atoms with E-state index in [1.54, 1.807) is 19.1 Å². The molecule has 2 atom stereocenters. The summed E-state index contributed by atoms with van der Waals surface area (Å²) in [5, 5.41) is 0. The summed E-state index contributed by atoms with van der Waals surface area (Å²) in [5.41, 5.74) is 9.93. The van der Waals surface area contributed by atoms with E-state index in [1.807, 2.05) is 25.1 Å². The van der Waals surface area contributed by atoms with Crippen molar-refractivity contribution in [3.8, 4) is 5.75 Å². The summed E-state index contributed by atoms with van der Waals surface area (Å²) in [6, 6.07) is 11.2. The molecule has 0 spiro atoms. The number of fused-ring (bicyclic) bond motifs is 1. The first-order valence-electron chi connectivity index (χ1n) is 6.83. The second-order valence-corrected chi connectivity index (χ2v) is 5.50. The largest absolute Gasteiger partial charge is 0.485 e. The zero-order valence-corrected chi connectivity index (χ0v) is 11.7. The summed E-state index contributed by atoms with van der Waals surface area (Å²) in [4.78, 5) is 0. The Morgan fingerprint density at radius 3 is 2.70 bits per heavy atom. The SMILES string of the molecule is Cc1ccc2c(c1)[C@H](N)CC(c1ccc(C)c(F)c1)O2. The van der Waals surface area contributed by atoms with Crippen LogP contribution in [0.15, 0.2) is 36.4 Å². The summed E-state index contributed by atoms with van der Waals surface area (Å²) >= 11 is 0. The number of aryl methyl sites for hydroxylation is 2. The van der Waals surface area contributed by atoms with Gasteiger partial charge in [-0.25, -0.2) is 4.39 Å². The fourth-order valence-corrected chi connectivity index (χ4v) is 2.64. The highest BCUT2D eigenvalue weighted by Gasteiger charge is 2.27. The lowest BCUT2D eigenvalue weighted by molar-refractivity contribution is 0.161. The molecule has 104 valence electrons. The van der Waals surface area contributed by atoms with Crippen molar-refractivity contribution in [3.05, 3.63) is 64.5 Å². The Morgan fingerprint density at radius 2 is 1.95 bits per heavy atom. The van der Waals surface area contributed by atoms with Gasteiger partial charge in [-0.05, 0) is 37.1 Å². The average molecular weight is 271 g/mol. The Balaban J connectivity index is 1.94. The molecule has 0 aromatic heterocycles. The summed E-state index contributed by atoms with van der Waals surface area (Å²) in [6.07, 6.45) is 0.481. The van der Waals surface area contributed by atoms with E-state index in [4.69, 9.17) is 10.5 Å². The third-order valence-corrected chi connectivity index (χ3v) is 3.87. The standard InChI is InChI=1S/C17H18FNO/c1-10-3-6-16-13(7-10)15(19)9-17(20-16)12-5-4-11(2)14(18)8-12/h3-8,15,17H,9,19H2,1-2H3/t15-,17?/m1/s1. The van der Waals surface area contributed by atoms with Crippen molar-refractivity contribution in [2.75, 3.05) is 0 Å². The number of halogens is 1. The number of hydrogen-bond donors (Lipinski definition) is 1. The fraction of sp³-hybridized carbons (Fsp3) is 0.294. The number of rotatable bonds is 1. The van der Waals surface area contributed by atoms with Crippen LogP contribution in [0.1, 0.15) is 40.8 Å². The molecule has 0 fully saturated rings. The van der Waals surface area contributed by atoms with Crippen LogP contribution in [0.2, 0.25) is 0 Å². The molecule has 1 aliphatic rings. The van der Waals surface area contributed by atoms with Crippen molar-refractivity contribution >= 4 is 0 Å². The van der Waals surface area contributed by atoms with E-state index >= 15 is 0 Å². The quantitative estimate of drug-likeness (QED) is 0.852. The molecule has 1 aliphatic heterocycles. The number of ether oxygens (including phenoxy) is 1. The van der Waals surface area contributed by atoms with Gasteiger partial charge in [0.25, 0.3) is 0 Å². The first-order valence-corrected chi connectivity index (χ1v) is 6.83. The van der Waals surface area contributed by atoms with Crippen LogP contribution in [0.25, 0.3) is 0 Å². The zero-order valence-electron chi connectivity index (χ0n) is 11.7. The van der Waals surface area contributed by atoms with E-state index < -0.39 is 0 Å². The molecule has 0 bridgehead atoms. The molecular formula is C17H18FNO. The topological polar surface area (TPSA) is 35.2 Å². The van der Waals surface area contributed by atoms with Crippen LogP contribution in [-0.4, -0.2) is 0 Å². The van der Waals surface area contributed by atoms with Crippen molar-refractivity contribution in [1.82, 2.24) is 0 Å². The van der Waals surface area contributed by atoms with E-state index in [0.717, 1.165) is 16.9 Å². The summed E-state index contributed by atoms with van der Waals surface area (Å²) < 4.78 is 19.7. The highest BCUT2D eigenvalue weighted by atomic mass is 19.1. The van der Waals surface area contributed by atoms with Crippen molar-refractivity contribution in [2.45, 2.75) is 32.4 Å². The van der Waals surface area contributed by atoms with Gasteiger partial charge in [-0.1, -0.05) is 29.8 Å². The molecular weight excluding hydrogens is 253 g/mol. The van der Waals surface area contributed by atoms with Gasteiger partial charge >= 0.3 is 0 Å². The minimum absolute atomic E-state index is 0.0759. The van der Waals surface area contributed by atoms with Crippen molar-refractivity contribution in [3.63, 3.8) is 0 Å². The first-order chi connectivity index (χ1) is 9.54. The molecule has 0 amide bonds. The van der Waals surface area contributed by atoms with Gasteiger partial charge in [0.05, 0.1) is 0 Å². The number of benzene rings is 2. The smallest absolute Gasteiger partial charge is 0.126 e. The molecule has 1 heterocycles. The van der Waals surface area contributed by atoms with E-state index in [1.165, 1.54) is 5.56 Å². The Kier molecular flexibility index (Phi) is 3.22. The first kappa shape index (κ1) is 13.1. The van der Waals surface area contributed by atoms with Crippen LogP contribution >= 0.6 is 0 Å². The molecule has 2 aromatic rings. The van der Waals surface area contributed by atoms with Crippen LogP contribution in [0.3, 0.4) is 0 Å². The molecule has 20 heavy (non-hydrogen) atoms. The van der Waals surface area contributed by atoms with E-state index in [0.29, 0.717) is 12.0 Å². The third-order valence-electron chi connectivity index (χ3n) is 3.87. The maximum Gasteiger partial charge on any atom is 0.126 e. The molecule has 0 radical (unpaired) electrons. The van der Waals surface area contributed by atoms with Gasteiger partial charge in [-0.2, -0.15) is 0 Å². The molecule has 0 saturated carbocycles. The molecule has 3 heteroatoms. The Bertz CT molecular complexity index is 653. The lowest BCUT2D eigenvalue weighted by atomic mass is 9.92. The molecule has 3 rings (SSSR count). The minimum Gasteiger partial charge on any atom is -0.485 e. The predicted molar refractivity (Wildman–Crippen MR) is 77.2 cm³/mol. The molecule has 0 aliphatic carbocycles. The van der Waals surface area contributed by atoms with Crippen LogP contribution in [0.4, 0.5) is 4.39 Å². The monoisotopic (exact) mass is 271 g/mol. The highest BCUT2D eigenvalue weighted by molar-refractivity contribution is 5.42. The van der Waals surface area contributed by atoms with Gasteiger partial charge in [0.2, 0.25) is 0 Å². The van der Waals surface area contributed by atoms with E-state index in [-0.39, 0.29) is 18.0 Å². The number of hydrogen-bond acceptors (Lipinski definition) is 2. The molecule has 2 nitrogen and oxygen atoms in total. The average Bonchev–Trinajstić information content (AvgIpc) is 2.42. The maximum atomic E-state index is 13.7. The Labute approximate surface area is 118 Å². The Hall–Kier alpha value is -1.87. The van der Waals surface area contributed by atoms with E-state index in [2.05, 4.69) is 6.07 Å². The third kappa shape index (κ3) is 2.29. The van der Waals surface area contributed by atoms with Gasteiger partial charge in [-0.3, -0.25) is 0 Å². The molecule has 2 N–H and O–H groups in total. The zero-order chi connectivity index (χ0) is 14.3. The van der Waals surface area contributed by atoms with E-state index in [9.17, 15) is 4.39 Å². The summed E-state index contributed by atoms with van der Waals surface area (Å²) in [5.74, 6) is 0.606. The van der Waals surface area contributed by atoms with Crippen LogP contribution in [0.5, 0.6) is 5.75 Å². The lowest BCUT2D eigenvalue weighted by Crippen LogP contribution is -2.24. The van der Waals surface area contributed by atoms with Gasteiger partial charge in [-0.15, -0.1) is 0 Å². The van der Waals surface area contributed by atoms with Crippen molar-refractivity contribution in [2.24, 2.45) is 5.73 Å². The minimum atomic E-state index is -0.200. The van der Waals surface area contributed by atoms with Gasteiger partial charge in [0, 0.05) is 18.0 Å². The fourth-order valence-electron chi connectivity index (χ4n) is 2.64. The van der Waals surface area contributed by atoms with Gasteiger partial charge in [0.1, 0.15) is 17.7 Å². The normalized spacial score (nSPS) is 21.2. The lowest BCUT2D eigenvalue weighted by Gasteiger charge is -2.31. The van der Waals surface area contributed by atoms with Crippen molar-refractivity contribution in [1.29, 1.82) is 0 Å². The second kappa shape index (κ2) is 4.91. The maximum absolute atomic E-state index is 13.7. The van der Waals surface area contributed by atoms with Crippen LogP contribution < -0.4 is 10.5 Å².